The van der Waals surface area contributed by atoms with Crippen molar-refractivity contribution < 1.29 is 23.7 Å². The summed E-state index contributed by atoms with van der Waals surface area (Å²) >= 11 is 12.1. The van der Waals surface area contributed by atoms with Gasteiger partial charge in [0.25, 0.3) is 0 Å². The summed E-state index contributed by atoms with van der Waals surface area (Å²) in [7, 11) is 0. The fraction of sp³-hybridized carbons (Fsp3) is 0.125. The Morgan fingerprint density at radius 3 is 2.68 bits per heavy atom. The highest BCUT2D eigenvalue weighted by atomic mass is 35.5. The number of benzene rings is 3. The summed E-state index contributed by atoms with van der Waals surface area (Å²) in [5, 5.41) is 1.20. The average molecular weight is 455 g/mol. The first-order chi connectivity index (χ1) is 15.1. The van der Waals surface area contributed by atoms with Crippen molar-refractivity contribution in [2.45, 2.75) is 13.2 Å². The van der Waals surface area contributed by atoms with E-state index in [9.17, 15) is 4.79 Å². The van der Waals surface area contributed by atoms with E-state index in [4.69, 9.17) is 42.1 Å². The standard InChI is InChI=1S/C24H16Cl2O5/c25-17-3-1-14(2-4-17)11-29-19-5-6-20-21(10-19)31-22(23(20)27)9-15-7-18(26)8-16-12-28-13-30-24(15)16/h1-10H,11-13H2/b22-9-. The third-order valence-corrected chi connectivity index (χ3v) is 5.42. The highest BCUT2D eigenvalue weighted by Gasteiger charge is 2.28. The molecule has 2 heterocycles. The molecule has 0 unspecified atom stereocenters. The van der Waals surface area contributed by atoms with Crippen LogP contribution in [0.3, 0.4) is 0 Å². The van der Waals surface area contributed by atoms with Crippen molar-refractivity contribution >= 4 is 35.1 Å². The molecule has 0 radical (unpaired) electrons. The molecule has 0 spiro atoms. The van der Waals surface area contributed by atoms with Crippen LogP contribution in [0.2, 0.25) is 10.0 Å². The Kier molecular flexibility index (Phi) is 5.32. The van der Waals surface area contributed by atoms with Crippen LogP contribution in [0.15, 0.2) is 60.4 Å². The average Bonchev–Trinajstić information content (AvgIpc) is 3.08. The second kappa shape index (κ2) is 8.27. The number of fused-ring (bicyclic) bond motifs is 2. The Morgan fingerprint density at radius 1 is 1.00 bits per heavy atom. The minimum atomic E-state index is -0.208. The predicted molar refractivity (Wildman–Crippen MR) is 117 cm³/mol. The number of halogens is 2. The maximum Gasteiger partial charge on any atom is 0.231 e. The SMILES string of the molecule is O=C1/C(=C/c2cc(Cl)cc3c2OCOC3)Oc2cc(OCc3ccc(Cl)cc3)ccc21. The molecule has 0 N–H and O–H groups in total. The molecule has 156 valence electrons. The van der Waals surface area contributed by atoms with Gasteiger partial charge in [0.2, 0.25) is 5.78 Å². The summed E-state index contributed by atoms with van der Waals surface area (Å²) in [4.78, 5) is 12.8. The Labute approximate surface area is 188 Å². The first kappa shape index (κ1) is 19.9. The van der Waals surface area contributed by atoms with Gasteiger partial charge < -0.3 is 18.9 Å². The highest BCUT2D eigenvalue weighted by molar-refractivity contribution is 6.31. The summed E-state index contributed by atoms with van der Waals surface area (Å²) in [6.07, 6.45) is 1.65. The molecule has 5 rings (SSSR count). The molecule has 0 aromatic heterocycles. The Hall–Kier alpha value is -2.99. The van der Waals surface area contributed by atoms with Crippen LogP contribution in [0.1, 0.15) is 27.0 Å². The lowest BCUT2D eigenvalue weighted by atomic mass is 10.1. The van der Waals surface area contributed by atoms with Crippen molar-refractivity contribution in [3.05, 3.63) is 92.7 Å². The molecule has 2 aliphatic heterocycles. The Morgan fingerprint density at radius 2 is 1.84 bits per heavy atom. The first-order valence-corrected chi connectivity index (χ1v) is 10.3. The fourth-order valence-electron chi connectivity index (χ4n) is 3.46. The summed E-state index contributed by atoms with van der Waals surface area (Å²) in [5.74, 6) is 1.68. The van der Waals surface area contributed by atoms with Crippen LogP contribution in [-0.4, -0.2) is 12.6 Å². The van der Waals surface area contributed by atoms with Crippen molar-refractivity contribution in [3.8, 4) is 17.2 Å². The predicted octanol–water partition coefficient (Wildman–Crippen LogP) is 6.06. The minimum absolute atomic E-state index is 0.147. The third kappa shape index (κ3) is 4.12. The van der Waals surface area contributed by atoms with E-state index < -0.39 is 0 Å². The smallest absolute Gasteiger partial charge is 0.231 e. The zero-order valence-electron chi connectivity index (χ0n) is 16.2. The van der Waals surface area contributed by atoms with Gasteiger partial charge in [-0.3, -0.25) is 4.79 Å². The van der Waals surface area contributed by atoms with Crippen molar-refractivity contribution in [2.24, 2.45) is 0 Å². The molecule has 0 fully saturated rings. The Balaban J connectivity index is 1.38. The molecule has 7 heteroatoms. The molecular formula is C24H16Cl2O5. The highest BCUT2D eigenvalue weighted by Crippen LogP contribution is 2.38. The van der Waals surface area contributed by atoms with E-state index in [0.717, 1.165) is 11.1 Å². The maximum absolute atomic E-state index is 12.8. The lowest BCUT2D eigenvalue weighted by molar-refractivity contribution is -0.0165. The van der Waals surface area contributed by atoms with Crippen LogP contribution >= 0.6 is 23.2 Å². The quantitative estimate of drug-likeness (QED) is 0.448. The summed E-state index contributed by atoms with van der Waals surface area (Å²) in [6.45, 7) is 0.921. The Bertz CT molecular complexity index is 1200. The largest absolute Gasteiger partial charge is 0.489 e. The topological polar surface area (TPSA) is 54.0 Å². The van der Waals surface area contributed by atoms with Gasteiger partial charge in [0.1, 0.15) is 23.9 Å². The molecule has 0 amide bonds. The van der Waals surface area contributed by atoms with E-state index in [2.05, 4.69) is 0 Å². The van der Waals surface area contributed by atoms with Crippen LogP contribution in [0.5, 0.6) is 17.2 Å². The van der Waals surface area contributed by atoms with Gasteiger partial charge >= 0.3 is 0 Å². The lowest BCUT2D eigenvalue weighted by Gasteiger charge is -2.20. The number of ether oxygens (including phenoxy) is 4. The molecule has 3 aromatic carbocycles. The van der Waals surface area contributed by atoms with Crippen LogP contribution in [-0.2, 0) is 18.0 Å². The summed E-state index contributed by atoms with van der Waals surface area (Å²) in [6, 6.07) is 16.1. The van der Waals surface area contributed by atoms with Gasteiger partial charge in [0, 0.05) is 27.2 Å². The zero-order chi connectivity index (χ0) is 21.4. The van der Waals surface area contributed by atoms with Crippen molar-refractivity contribution in [2.75, 3.05) is 6.79 Å². The molecule has 3 aromatic rings. The molecule has 0 saturated carbocycles. The van der Waals surface area contributed by atoms with Gasteiger partial charge in [0.05, 0.1) is 12.2 Å². The number of hydrogen-bond acceptors (Lipinski definition) is 5. The number of ketones is 1. The second-order valence-corrected chi connectivity index (χ2v) is 7.98. The zero-order valence-corrected chi connectivity index (χ0v) is 17.7. The molecular weight excluding hydrogens is 439 g/mol. The van der Waals surface area contributed by atoms with Crippen LogP contribution in [0.25, 0.3) is 6.08 Å². The number of carbonyl (C=O) groups excluding carboxylic acids is 1. The van der Waals surface area contributed by atoms with Gasteiger partial charge in [-0.25, -0.2) is 0 Å². The fourth-order valence-corrected chi connectivity index (χ4v) is 3.84. The third-order valence-electron chi connectivity index (χ3n) is 4.95. The molecule has 0 saturated heterocycles. The van der Waals surface area contributed by atoms with Gasteiger partial charge in [-0.05, 0) is 48.0 Å². The van der Waals surface area contributed by atoms with Gasteiger partial charge in [-0.1, -0.05) is 35.3 Å². The van der Waals surface area contributed by atoms with Gasteiger partial charge in [-0.15, -0.1) is 0 Å². The summed E-state index contributed by atoms with van der Waals surface area (Å²) < 4.78 is 22.6. The summed E-state index contributed by atoms with van der Waals surface area (Å²) in [5.41, 5.74) is 2.95. The monoisotopic (exact) mass is 454 g/mol. The van der Waals surface area contributed by atoms with E-state index in [-0.39, 0.29) is 18.3 Å². The number of rotatable bonds is 4. The normalized spacial score (nSPS) is 15.8. The van der Waals surface area contributed by atoms with Crippen molar-refractivity contribution in [3.63, 3.8) is 0 Å². The number of hydrogen-bond donors (Lipinski definition) is 0. The number of allylic oxidation sites excluding steroid dienone is 1. The van der Waals surface area contributed by atoms with Crippen LogP contribution < -0.4 is 14.2 Å². The maximum atomic E-state index is 12.8. The number of carbonyl (C=O) groups is 1. The molecule has 0 bridgehead atoms. The number of Topliss-reactive ketones (excluding diaryl/α,β-unsaturated/α-hetero) is 1. The van der Waals surface area contributed by atoms with Crippen molar-refractivity contribution in [1.82, 2.24) is 0 Å². The van der Waals surface area contributed by atoms with Crippen LogP contribution in [0.4, 0.5) is 0 Å². The van der Waals surface area contributed by atoms with E-state index in [0.29, 0.717) is 51.6 Å². The van der Waals surface area contributed by atoms with Gasteiger partial charge in [-0.2, -0.15) is 0 Å². The van der Waals surface area contributed by atoms with E-state index in [1.807, 2.05) is 24.3 Å². The van der Waals surface area contributed by atoms with E-state index >= 15 is 0 Å². The molecule has 0 atom stereocenters. The molecule has 0 aliphatic carbocycles. The second-order valence-electron chi connectivity index (χ2n) is 7.11. The molecule has 5 nitrogen and oxygen atoms in total. The molecule has 31 heavy (non-hydrogen) atoms. The first-order valence-electron chi connectivity index (χ1n) is 9.55. The lowest BCUT2D eigenvalue weighted by Crippen LogP contribution is -2.12. The van der Waals surface area contributed by atoms with Gasteiger partial charge in [0.15, 0.2) is 12.6 Å². The molecule has 2 aliphatic rings. The minimum Gasteiger partial charge on any atom is -0.489 e. The van der Waals surface area contributed by atoms with E-state index in [1.54, 1.807) is 36.4 Å². The van der Waals surface area contributed by atoms with E-state index in [1.165, 1.54) is 0 Å². The van der Waals surface area contributed by atoms with Crippen LogP contribution in [0, 0.1) is 0 Å². The van der Waals surface area contributed by atoms with Crippen molar-refractivity contribution in [1.29, 1.82) is 0 Å².